The molecular formula is C15H16N2OS. The van der Waals surface area contributed by atoms with Crippen LogP contribution in [0, 0.1) is 0 Å². The van der Waals surface area contributed by atoms with Crippen LogP contribution < -0.4 is 10.1 Å². The number of rotatable bonds is 2. The smallest absolute Gasteiger partial charge is 0.123 e. The van der Waals surface area contributed by atoms with Gasteiger partial charge in [0.2, 0.25) is 0 Å². The lowest BCUT2D eigenvalue weighted by Crippen LogP contribution is -2.13. The average molecular weight is 272 g/mol. The zero-order valence-corrected chi connectivity index (χ0v) is 11.5. The van der Waals surface area contributed by atoms with Gasteiger partial charge in [0.05, 0.1) is 17.7 Å². The molecule has 0 bridgehead atoms. The topological polar surface area (TPSA) is 34.1 Å². The van der Waals surface area contributed by atoms with Gasteiger partial charge in [-0.05, 0) is 25.5 Å². The minimum Gasteiger partial charge on any atom is -0.492 e. The number of benzene rings is 1. The maximum atomic E-state index is 5.75. The summed E-state index contributed by atoms with van der Waals surface area (Å²) < 4.78 is 5.75. The van der Waals surface area contributed by atoms with Crippen LogP contribution in [-0.4, -0.2) is 18.1 Å². The van der Waals surface area contributed by atoms with Gasteiger partial charge in [-0.3, -0.25) is 0 Å². The van der Waals surface area contributed by atoms with Gasteiger partial charge in [-0.2, -0.15) is 0 Å². The molecule has 98 valence electrons. The first kappa shape index (κ1) is 11.4. The van der Waals surface area contributed by atoms with Gasteiger partial charge >= 0.3 is 0 Å². The molecule has 0 spiro atoms. The molecule has 4 heteroatoms. The zero-order valence-electron chi connectivity index (χ0n) is 10.6. The highest BCUT2D eigenvalue weighted by Gasteiger charge is 2.29. The summed E-state index contributed by atoms with van der Waals surface area (Å²) in [4.78, 5) is 4.85. The van der Waals surface area contributed by atoms with Crippen molar-refractivity contribution >= 4 is 11.3 Å². The fourth-order valence-electron chi connectivity index (χ4n) is 2.92. The number of thiazole rings is 1. The van der Waals surface area contributed by atoms with Crippen LogP contribution in [0.4, 0.5) is 0 Å². The van der Waals surface area contributed by atoms with Gasteiger partial charge in [-0.15, -0.1) is 11.3 Å². The highest BCUT2D eigenvalue weighted by molar-refractivity contribution is 7.09. The van der Waals surface area contributed by atoms with Crippen molar-refractivity contribution in [2.75, 3.05) is 13.2 Å². The van der Waals surface area contributed by atoms with E-state index in [4.69, 9.17) is 9.72 Å². The van der Waals surface area contributed by atoms with Gasteiger partial charge in [0.25, 0.3) is 0 Å². The number of nitrogens with zero attached hydrogens (tertiary/aromatic N) is 1. The average Bonchev–Trinajstić information content (AvgIpc) is 3.18. The van der Waals surface area contributed by atoms with Crippen molar-refractivity contribution in [3.05, 3.63) is 45.9 Å². The van der Waals surface area contributed by atoms with Crippen molar-refractivity contribution in [2.45, 2.75) is 24.8 Å². The van der Waals surface area contributed by atoms with E-state index < -0.39 is 0 Å². The Labute approximate surface area is 116 Å². The van der Waals surface area contributed by atoms with Crippen molar-refractivity contribution < 1.29 is 4.74 Å². The second-order valence-electron chi connectivity index (χ2n) is 5.16. The number of ether oxygens (including phenoxy) is 1. The molecule has 3 nitrogen and oxygen atoms in total. The monoisotopic (exact) mass is 272 g/mol. The van der Waals surface area contributed by atoms with Crippen LogP contribution in [0.3, 0.4) is 0 Å². The molecule has 2 aliphatic rings. The number of aromatic nitrogens is 1. The molecule has 2 aromatic rings. The Balaban J connectivity index is 1.63. The van der Waals surface area contributed by atoms with E-state index in [0.717, 1.165) is 18.9 Å². The number of hydrogen-bond acceptors (Lipinski definition) is 4. The predicted octanol–water partition coefficient (Wildman–Crippen LogP) is 3.09. The fourth-order valence-corrected chi connectivity index (χ4v) is 3.90. The standard InChI is InChI=1S/C15H16N2OS/c1-2-6-14-10(4-1)11(8-18-14)15-17-13(9-19-15)12-5-3-7-16-12/h1-2,4,6,9,11-12,16H,3,5,7-8H2. The van der Waals surface area contributed by atoms with Crippen molar-refractivity contribution in [2.24, 2.45) is 0 Å². The molecule has 2 atom stereocenters. The minimum absolute atomic E-state index is 0.316. The highest BCUT2D eigenvalue weighted by Crippen LogP contribution is 2.39. The van der Waals surface area contributed by atoms with E-state index >= 15 is 0 Å². The summed E-state index contributed by atoms with van der Waals surface area (Å²) in [5.41, 5.74) is 2.49. The largest absolute Gasteiger partial charge is 0.492 e. The van der Waals surface area contributed by atoms with E-state index in [0.29, 0.717) is 12.0 Å². The lowest BCUT2D eigenvalue weighted by atomic mass is 10.0. The van der Waals surface area contributed by atoms with Crippen LogP contribution in [0.5, 0.6) is 5.75 Å². The highest BCUT2D eigenvalue weighted by atomic mass is 32.1. The molecule has 1 aromatic heterocycles. The van der Waals surface area contributed by atoms with Crippen molar-refractivity contribution in [1.82, 2.24) is 10.3 Å². The molecule has 4 rings (SSSR count). The molecule has 1 aromatic carbocycles. The summed E-state index contributed by atoms with van der Waals surface area (Å²) in [7, 11) is 0. The number of hydrogen-bond donors (Lipinski definition) is 1. The Morgan fingerprint density at radius 1 is 1.32 bits per heavy atom. The summed E-state index contributed by atoms with van der Waals surface area (Å²) in [6.07, 6.45) is 2.47. The first-order valence-electron chi connectivity index (χ1n) is 6.82. The minimum atomic E-state index is 0.316. The third-order valence-electron chi connectivity index (χ3n) is 3.96. The van der Waals surface area contributed by atoms with Gasteiger partial charge in [0.15, 0.2) is 0 Å². The maximum Gasteiger partial charge on any atom is 0.123 e. The van der Waals surface area contributed by atoms with Crippen LogP contribution in [0.1, 0.15) is 41.1 Å². The zero-order chi connectivity index (χ0) is 12.7. The Bertz CT molecular complexity index is 589. The molecule has 3 heterocycles. The molecule has 2 unspecified atom stereocenters. The van der Waals surface area contributed by atoms with Gasteiger partial charge in [0, 0.05) is 10.9 Å². The van der Waals surface area contributed by atoms with E-state index in [-0.39, 0.29) is 0 Å². The molecule has 0 saturated carbocycles. The fraction of sp³-hybridized carbons (Fsp3) is 0.400. The summed E-state index contributed by atoms with van der Waals surface area (Å²) in [5, 5.41) is 6.91. The normalized spacial score (nSPS) is 25.3. The van der Waals surface area contributed by atoms with Gasteiger partial charge < -0.3 is 10.1 Å². The molecule has 0 radical (unpaired) electrons. The van der Waals surface area contributed by atoms with Crippen LogP contribution in [0.2, 0.25) is 0 Å². The Morgan fingerprint density at radius 3 is 3.16 bits per heavy atom. The number of nitrogens with one attached hydrogen (secondary N) is 1. The predicted molar refractivity (Wildman–Crippen MR) is 75.9 cm³/mol. The molecule has 2 aliphatic heterocycles. The SMILES string of the molecule is c1ccc2c(c1)OCC2c1nc(C2CCCN2)cs1. The quantitative estimate of drug-likeness (QED) is 0.912. The summed E-state index contributed by atoms with van der Waals surface area (Å²) >= 11 is 1.77. The number of para-hydroxylation sites is 1. The molecule has 1 fully saturated rings. The van der Waals surface area contributed by atoms with Crippen LogP contribution in [0.15, 0.2) is 29.6 Å². The van der Waals surface area contributed by atoms with E-state index in [9.17, 15) is 0 Å². The second-order valence-corrected chi connectivity index (χ2v) is 6.05. The van der Waals surface area contributed by atoms with Crippen molar-refractivity contribution in [3.8, 4) is 5.75 Å². The lowest BCUT2D eigenvalue weighted by Gasteiger charge is -2.07. The van der Waals surface area contributed by atoms with E-state index in [1.165, 1.54) is 29.1 Å². The first-order chi connectivity index (χ1) is 9.42. The van der Waals surface area contributed by atoms with Crippen molar-refractivity contribution in [3.63, 3.8) is 0 Å². The summed E-state index contributed by atoms with van der Waals surface area (Å²) in [6, 6.07) is 8.76. The second kappa shape index (κ2) is 4.62. The third kappa shape index (κ3) is 1.95. The van der Waals surface area contributed by atoms with Gasteiger partial charge in [0.1, 0.15) is 17.4 Å². The van der Waals surface area contributed by atoms with E-state index in [2.05, 4.69) is 22.8 Å². The molecule has 0 aliphatic carbocycles. The molecule has 1 saturated heterocycles. The van der Waals surface area contributed by atoms with E-state index in [1.54, 1.807) is 11.3 Å². The van der Waals surface area contributed by atoms with Crippen LogP contribution in [-0.2, 0) is 0 Å². The van der Waals surface area contributed by atoms with E-state index in [1.807, 2.05) is 12.1 Å². The van der Waals surface area contributed by atoms with Gasteiger partial charge in [-0.1, -0.05) is 18.2 Å². The van der Waals surface area contributed by atoms with Crippen LogP contribution in [0.25, 0.3) is 0 Å². The van der Waals surface area contributed by atoms with Crippen molar-refractivity contribution in [1.29, 1.82) is 0 Å². The Morgan fingerprint density at radius 2 is 2.26 bits per heavy atom. The lowest BCUT2D eigenvalue weighted by molar-refractivity contribution is 0.342. The molecular weight excluding hydrogens is 256 g/mol. The molecule has 19 heavy (non-hydrogen) atoms. The maximum absolute atomic E-state index is 5.75. The van der Waals surface area contributed by atoms with Crippen LogP contribution >= 0.6 is 11.3 Å². The van der Waals surface area contributed by atoms with Gasteiger partial charge in [-0.25, -0.2) is 4.98 Å². The third-order valence-corrected chi connectivity index (χ3v) is 4.93. The molecule has 0 amide bonds. The summed E-state index contributed by atoms with van der Waals surface area (Å²) in [6.45, 7) is 1.84. The first-order valence-corrected chi connectivity index (χ1v) is 7.70. The number of fused-ring (bicyclic) bond motifs is 1. The Kier molecular flexibility index (Phi) is 2.78. The Hall–Kier alpha value is -1.39. The molecule has 1 N–H and O–H groups in total. The summed E-state index contributed by atoms with van der Waals surface area (Å²) in [5.74, 6) is 1.33.